The number of aryl methyl sites for hydroxylation is 1. The monoisotopic (exact) mass is 491 g/mol. The van der Waals surface area contributed by atoms with Crippen LogP contribution in [0.4, 0.5) is 11.8 Å². The second-order valence-corrected chi connectivity index (χ2v) is 8.51. The molecule has 174 valence electrons. The van der Waals surface area contributed by atoms with Crippen LogP contribution in [-0.2, 0) is 6.42 Å². The number of hydrogen-bond acceptors (Lipinski definition) is 6. The summed E-state index contributed by atoms with van der Waals surface area (Å²) >= 11 is 7.80. The van der Waals surface area contributed by atoms with E-state index in [2.05, 4.69) is 16.5 Å². The third-order valence-corrected chi connectivity index (χ3v) is 6.20. The molecule has 4 N–H and O–H groups in total. The second-order valence-electron chi connectivity index (χ2n) is 7.16. The van der Waals surface area contributed by atoms with Gasteiger partial charge >= 0.3 is 0 Å². The molecule has 0 saturated heterocycles. The van der Waals surface area contributed by atoms with E-state index in [-0.39, 0.29) is 11.5 Å². The standard InChI is InChI=1S/C18H18ClNO.C8H8N4S/c1-4-7-10-14(5-2)20-15(6-3)12-13-9-8-11-16(19)17(13)18(20)21;9-7-5(4-11-8(10)12-7)6-2-1-3-13-6/h4-5,7-12H,2,6H2,1,3H3;1-4H,(H4,9,10,11,12)/b7-4-,14-10+;. The van der Waals surface area contributed by atoms with Gasteiger partial charge in [0, 0.05) is 22.5 Å². The van der Waals surface area contributed by atoms with E-state index in [1.165, 1.54) is 0 Å². The number of anilines is 2. The van der Waals surface area contributed by atoms with Crippen LogP contribution < -0.4 is 17.0 Å². The molecule has 0 aliphatic rings. The smallest absolute Gasteiger partial charge is 0.264 e. The van der Waals surface area contributed by atoms with Gasteiger partial charge in [0.25, 0.3) is 5.56 Å². The number of pyridine rings is 1. The van der Waals surface area contributed by atoms with E-state index >= 15 is 0 Å². The molecule has 0 radical (unpaired) electrons. The SMILES string of the molecule is C=C/C(=C\C=C/C)n1c(CC)cc2cccc(Cl)c2c1=O.Nc1ncc(-c2cccs2)c(N)n1. The molecule has 3 heterocycles. The van der Waals surface area contributed by atoms with Crippen LogP contribution in [-0.4, -0.2) is 14.5 Å². The van der Waals surface area contributed by atoms with Crippen LogP contribution in [0.25, 0.3) is 26.9 Å². The highest BCUT2D eigenvalue weighted by molar-refractivity contribution is 7.13. The van der Waals surface area contributed by atoms with Crippen LogP contribution in [0.3, 0.4) is 0 Å². The molecular weight excluding hydrogens is 466 g/mol. The Morgan fingerprint density at radius 2 is 2.06 bits per heavy atom. The summed E-state index contributed by atoms with van der Waals surface area (Å²) in [4.78, 5) is 21.7. The van der Waals surface area contributed by atoms with Gasteiger partial charge in [-0.25, -0.2) is 4.98 Å². The zero-order chi connectivity index (χ0) is 24.7. The number of fused-ring (bicyclic) bond motifs is 1. The van der Waals surface area contributed by atoms with E-state index in [0.717, 1.165) is 33.6 Å². The molecule has 0 aliphatic carbocycles. The van der Waals surface area contributed by atoms with Gasteiger partial charge in [0.15, 0.2) is 0 Å². The Labute approximate surface area is 207 Å². The lowest BCUT2D eigenvalue weighted by Crippen LogP contribution is -2.22. The number of nitrogen functional groups attached to an aromatic ring is 2. The molecule has 1 aromatic carbocycles. The third kappa shape index (κ3) is 5.44. The van der Waals surface area contributed by atoms with Crippen molar-refractivity contribution >= 4 is 51.2 Å². The van der Waals surface area contributed by atoms with Gasteiger partial charge in [-0.15, -0.1) is 11.3 Å². The maximum atomic E-state index is 12.9. The Hall–Kier alpha value is -3.68. The summed E-state index contributed by atoms with van der Waals surface area (Å²) in [6.07, 6.45) is 9.75. The Balaban J connectivity index is 0.000000212. The van der Waals surface area contributed by atoms with Crippen molar-refractivity contribution < 1.29 is 0 Å². The zero-order valence-electron chi connectivity index (χ0n) is 19.0. The maximum Gasteiger partial charge on any atom is 0.264 e. The van der Waals surface area contributed by atoms with Gasteiger partial charge in [0.05, 0.1) is 16.0 Å². The molecule has 0 spiro atoms. The molecule has 0 atom stereocenters. The van der Waals surface area contributed by atoms with E-state index in [4.69, 9.17) is 23.1 Å². The summed E-state index contributed by atoms with van der Waals surface area (Å²) in [5, 5.41) is 3.87. The Morgan fingerprint density at radius 3 is 2.68 bits per heavy atom. The minimum Gasteiger partial charge on any atom is -0.383 e. The zero-order valence-corrected chi connectivity index (χ0v) is 20.6. The van der Waals surface area contributed by atoms with Crippen LogP contribution in [0.15, 0.2) is 83.7 Å². The Kier molecular flexibility index (Phi) is 8.40. The molecule has 0 bridgehead atoms. The lowest BCUT2D eigenvalue weighted by atomic mass is 10.1. The molecule has 0 amide bonds. The van der Waals surface area contributed by atoms with Crippen LogP contribution >= 0.6 is 22.9 Å². The minimum absolute atomic E-state index is 0.106. The quantitative estimate of drug-likeness (QED) is 0.324. The molecule has 6 nitrogen and oxygen atoms in total. The highest BCUT2D eigenvalue weighted by Crippen LogP contribution is 2.28. The number of benzene rings is 1. The largest absolute Gasteiger partial charge is 0.383 e. The van der Waals surface area contributed by atoms with Gasteiger partial charge in [0.1, 0.15) is 5.82 Å². The van der Waals surface area contributed by atoms with Crippen molar-refractivity contribution in [1.82, 2.24) is 14.5 Å². The number of thiophene rings is 1. The van der Waals surface area contributed by atoms with Crippen molar-refractivity contribution in [3.05, 3.63) is 99.9 Å². The first-order valence-electron chi connectivity index (χ1n) is 10.6. The molecule has 0 aliphatic heterocycles. The highest BCUT2D eigenvalue weighted by Gasteiger charge is 2.12. The summed E-state index contributed by atoms with van der Waals surface area (Å²) in [5.41, 5.74) is 13.5. The van der Waals surface area contributed by atoms with Crippen molar-refractivity contribution in [3.63, 3.8) is 0 Å². The van der Waals surface area contributed by atoms with E-state index in [9.17, 15) is 4.79 Å². The first-order valence-corrected chi connectivity index (χ1v) is 11.9. The lowest BCUT2D eigenvalue weighted by molar-refractivity contribution is 0.912. The van der Waals surface area contributed by atoms with Gasteiger partial charge in [-0.1, -0.05) is 55.5 Å². The number of aromatic nitrogens is 3. The fourth-order valence-electron chi connectivity index (χ4n) is 3.38. The Morgan fingerprint density at radius 1 is 1.26 bits per heavy atom. The number of nitrogens with zero attached hydrogens (tertiary/aromatic N) is 3. The van der Waals surface area contributed by atoms with Crippen LogP contribution in [0, 0.1) is 0 Å². The second kappa shape index (κ2) is 11.4. The van der Waals surface area contributed by atoms with E-state index in [0.29, 0.717) is 16.2 Å². The third-order valence-electron chi connectivity index (χ3n) is 4.98. The molecular formula is C26H26ClN5OS. The topological polar surface area (TPSA) is 99.8 Å². The average molecular weight is 492 g/mol. The van der Waals surface area contributed by atoms with Crippen LogP contribution in [0.1, 0.15) is 19.5 Å². The summed E-state index contributed by atoms with van der Waals surface area (Å²) in [6.45, 7) is 7.77. The lowest BCUT2D eigenvalue weighted by Gasteiger charge is -2.14. The fourth-order valence-corrected chi connectivity index (χ4v) is 4.38. The van der Waals surface area contributed by atoms with Crippen molar-refractivity contribution in [2.45, 2.75) is 20.3 Å². The normalized spacial score (nSPS) is 11.4. The fraction of sp³-hybridized carbons (Fsp3) is 0.115. The summed E-state index contributed by atoms with van der Waals surface area (Å²) in [5.74, 6) is 0.632. The molecule has 34 heavy (non-hydrogen) atoms. The van der Waals surface area contributed by atoms with Gasteiger partial charge in [0.2, 0.25) is 5.95 Å². The predicted octanol–water partition coefficient (Wildman–Crippen LogP) is 6.19. The van der Waals surface area contributed by atoms with Gasteiger partial charge < -0.3 is 11.5 Å². The highest BCUT2D eigenvalue weighted by atomic mass is 35.5. The van der Waals surface area contributed by atoms with Crippen LogP contribution in [0.2, 0.25) is 5.02 Å². The molecule has 0 saturated carbocycles. The Bertz CT molecular complexity index is 1420. The van der Waals surface area contributed by atoms with Crippen molar-refractivity contribution in [2.24, 2.45) is 0 Å². The molecule has 8 heteroatoms. The maximum absolute atomic E-state index is 12.9. The molecule has 4 rings (SSSR count). The predicted molar refractivity (Wildman–Crippen MR) is 146 cm³/mol. The van der Waals surface area contributed by atoms with Crippen molar-refractivity contribution in [1.29, 1.82) is 0 Å². The molecule has 0 fully saturated rings. The van der Waals surface area contributed by atoms with Crippen molar-refractivity contribution in [2.75, 3.05) is 11.5 Å². The molecule has 3 aromatic heterocycles. The average Bonchev–Trinajstić information content (AvgIpc) is 3.35. The summed E-state index contributed by atoms with van der Waals surface area (Å²) in [7, 11) is 0. The number of halogens is 1. The van der Waals surface area contributed by atoms with Gasteiger partial charge in [-0.05, 0) is 54.5 Å². The van der Waals surface area contributed by atoms with E-state index < -0.39 is 0 Å². The number of hydrogen-bond donors (Lipinski definition) is 2. The molecule has 4 aromatic rings. The first-order chi connectivity index (χ1) is 16.4. The number of nitrogens with two attached hydrogens (primary N) is 2. The minimum atomic E-state index is -0.106. The summed E-state index contributed by atoms with van der Waals surface area (Å²) in [6, 6.07) is 11.4. The van der Waals surface area contributed by atoms with Crippen LogP contribution in [0.5, 0.6) is 0 Å². The van der Waals surface area contributed by atoms with Gasteiger partial charge in [-0.3, -0.25) is 9.36 Å². The van der Waals surface area contributed by atoms with Gasteiger partial charge in [-0.2, -0.15) is 4.98 Å². The van der Waals surface area contributed by atoms with E-state index in [1.54, 1.807) is 34.2 Å². The first kappa shape index (κ1) is 25.0. The number of rotatable bonds is 5. The van der Waals surface area contributed by atoms with Crippen molar-refractivity contribution in [3.8, 4) is 10.4 Å². The summed E-state index contributed by atoms with van der Waals surface area (Å²) < 4.78 is 1.68. The van der Waals surface area contributed by atoms with E-state index in [1.807, 2.05) is 67.8 Å². The number of allylic oxidation sites excluding steroid dienone is 5. The molecule has 0 unspecified atom stereocenters.